The molecule has 1 saturated carbocycles. The smallest absolute Gasteiger partial charge is 0.237 e. The Hall–Kier alpha value is -1.35. The zero-order valence-corrected chi connectivity index (χ0v) is 12.9. The maximum absolute atomic E-state index is 12.5. The number of hydrogen-bond donors (Lipinski definition) is 2. The Morgan fingerprint density at radius 2 is 1.90 bits per heavy atom. The van der Waals surface area contributed by atoms with Gasteiger partial charge in [0.25, 0.3) is 0 Å². The van der Waals surface area contributed by atoms with E-state index in [1.807, 2.05) is 0 Å². The number of rotatable bonds is 3. The van der Waals surface area contributed by atoms with Gasteiger partial charge in [-0.2, -0.15) is 0 Å². The SMILES string of the molecule is C[C@@H](NC(=O)[C@@H]1Cc2ccccc2CN1)C1CCCCC1. The van der Waals surface area contributed by atoms with E-state index in [9.17, 15) is 4.79 Å². The van der Waals surface area contributed by atoms with Crippen molar-refractivity contribution in [3.8, 4) is 0 Å². The van der Waals surface area contributed by atoms with Gasteiger partial charge in [0.2, 0.25) is 5.91 Å². The van der Waals surface area contributed by atoms with Gasteiger partial charge >= 0.3 is 0 Å². The summed E-state index contributed by atoms with van der Waals surface area (Å²) in [5.41, 5.74) is 2.63. The molecule has 0 saturated heterocycles. The predicted molar refractivity (Wildman–Crippen MR) is 85.0 cm³/mol. The summed E-state index contributed by atoms with van der Waals surface area (Å²) in [4.78, 5) is 12.5. The van der Waals surface area contributed by atoms with Gasteiger partial charge in [0.1, 0.15) is 0 Å². The normalized spacial score (nSPS) is 24.1. The molecule has 2 atom stereocenters. The highest BCUT2D eigenvalue weighted by Crippen LogP contribution is 2.26. The predicted octanol–water partition coefficient (Wildman–Crippen LogP) is 2.79. The zero-order chi connectivity index (χ0) is 14.7. The van der Waals surface area contributed by atoms with Crippen LogP contribution in [0, 0.1) is 5.92 Å². The first-order chi connectivity index (χ1) is 10.2. The minimum Gasteiger partial charge on any atom is -0.352 e. The van der Waals surface area contributed by atoms with Gasteiger partial charge in [0.05, 0.1) is 6.04 Å². The fourth-order valence-electron chi connectivity index (χ4n) is 3.72. The maximum atomic E-state index is 12.5. The molecule has 0 unspecified atom stereocenters. The molecule has 1 aliphatic heterocycles. The first-order valence-corrected chi connectivity index (χ1v) is 8.34. The molecule has 0 aromatic heterocycles. The number of benzene rings is 1. The van der Waals surface area contributed by atoms with Crippen LogP contribution in [0.1, 0.15) is 50.2 Å². The van der Waals surface area contributed by atoms with Crippen LogP contribution in [0.5, 0.6) is 0 Å². The second-order valence-electron chi connectivity index (χ2n) is 6.60. The lowest BCUT2D eigenvalue weighted by Crippen LogP contribution is -2.51. The van der Waals surface area contributed by atoms with E-state index in [-0.39, 0.29) is 11.9 Å². The minimum absolute atomic E-state index is 0.0778. The lowest BCUT2D eigenvalue weighted by Gasteiger charge is -2.31. The van der Waals surface area contributed by atoms with Crippen molar-refractivity contribution in [1.82, 2.24) is 10.6 Å². The molecule has 3 nitrogen and oxygen atoms in total. The van der Waals surface area contributed by atoms with E-state index in [4.69, 9.17) is 0 Å². The van der Waals surface area contributed by atoms with E-state index < -0.39 is 0 Å². The van der Waals surface area contributed by atoms with Crippen LogP contribution in [0.3, 0.4) is 0 Å². The van der Waals surface area contributed by atoms with Crippen LogP contribution in [0.15, 0.2) is 24.3 Å². The van der Waals surface area contributed by atoms with Gasteiger partial charge in [-0.1, -0.05) is 43.5 Å². The van der Waals surface area contributed by atoms with Crippen molar-refractivity contribution in [1.29, 1.82) is 0 Å². The molecule has 1 fully saturated rings. The molecule has 3 heteroatoms. The Kier molecular flexibility index (Phi) is 4.59. The second kappa shape index (κ2) is 6.61. The van der Waals surface area contributed by atoms with E-state index in [1.165, 1.54) is 43.2 Å². The van der Waals surface area contributed by atoms with Crippen LogP contribution in [-0.4, -0.2) is 18.0 Å². The Balaban J connectivity index is 1.56. The monoisotopic (exact) mass is 286 g/mol. The summed E-state index contributed by atoms with van der Waals surface area (Å²) in [7, 11) is 0. The van der Waals surface area contributed by atoms with Crippen molar-refractivity contribution in [3.05, 3.63) is 35.4 Å². The summed E-state index contributed by atoms with van der Waals surface area (Å²) >= 11 is 0. The van der Waals surface area contributed by atoms with E-state index >= 15 is 0 Å². The molecule has 1 amide bonds. The summed E-state index contributed by atoms with van der Waals surface area (Å²) in [6.45, 7) is 2.97. The molecule has 2 N–H and O–H groups in total. The number of carbonyl (C=O) groups is 1. The molecule has 1 aromatic carbocycles. The Labute approximate surface area is 127 Å². The van der Waals surface area contributed by atoms with Crippen molar-refractivity contribution in [3.63, 3.8) is 0 Å². The summed E-state index contributed by atoms with van der Waals surface area (Å²) in [6, 6.07) is 8.63. The number of carbonyl (C=O) groups excluding carboxylic acids is 1. The van der Waals surface area contributed by atoms with Crippen LogP contribution in [0.4, 0.5) is 0 Å². The number of nitrogens with one attached hydrogen (secondary N) is 2. The van der Waals surface area contributed by atoms with Gasteiger partial charge in [-0.3, -0.25) is 4.79 Å². The third-order valence-corrected chi connectivity index (χ3v) is 5.12. The van der Waals surface area contributed by atoms with Crippen LogP contribution in [0.2, 0.25) is 0 Å². The van der Waals surface area contributed by atoms with E-state index in [2.05, 4.69) is 41.8 Å². The first-order valence-electron chi connectivity index (χ1n) is 8.34. The van der Waals surface area contributed by atoms with Crippen molar-refractivity contribution < 1.29 is 4.79 Å². The van der Waals surface area contributed by atoms with Crippen molar-refractivity contribution in [2.45, 2.75) is 64.1 Å². The van der Waals surface area contributed by atoms with Gasteiger partial charge in [-0.25, -0.2) is 0 Å². The number of fused-ring (bicyclic) bond motifs is 1. The molecule has 1 heterocycles. The first kappa shape index (κ1) is 14.6. The van der Waals surface area contributed by atoms with Gasteiger partial charge < -0.3 is 10.6 Å². The molecular weight excluding hydrogens is 260 g/mol. The second-order valence-corrected chi connectivity index (χ2v) is 6.60. The third-order valence-electron chi connectivity index (χ3n) is 5.12. The zero-order valence-electron chi connectivity index (χ0n) is 12.9. The van der Waals surface area contributed by atoms with Crippen LogP contribution < -0.4 is 10.6 Å². The number of hydrogen-bond acceptors (Lipinski definition) is 2. The largest absolute Gasteiger partial charge is 0.352 e. The highest BCUT2D eigenvalue weighted by molar-refractivity contribution is 5.82. The molecule has 2 aliphatic rings. The summed E-state index contributed by atoms with van der Waals surface area (Å²) in [6.07, 6.45) is 7.34. The molecule has 0 radical (unpaired) electrons. The maximum Gasteiger partial charge on any atom is 0.237 e. The Morgan fingerprint density at radius 3 is 2.67 bits per heavy atom. The summed E-state index contributed by atoms with van der Waals surface area (Å²) < 4.78 is 0. The van der Waals surface area contributed by atoms with Crippen molar-refractivity contribution in [2.24, 2.45) is 5.92 Å². The molecule has 21 heavy (non-hydrogen) atoms. The quantitative estimate of drug-likeness (QED) is 0.897. The highest BCUT2D eigenvalue weighted by atomic mass is 16.2. The average Bonchev–Trinajstić information content (AvgIpc) is 2.55. The highest BCUT2D eigenvalue weighted by Gasteiger charge is 2.27. The molecule has 3 rings (SSSR count). The van der Waals surface area contributed by atoms with Crippen LogP contribution in [-0.2, 0) is 17.8 Å². The lowest BCUT2D eigenvalue weighted by molar-refractivity contribution is -0.124. The molecular formula is C18H26N2O. The van der Waals surface area contributed by atoms with Crippen LogP contribution in [0.25, 0.3) is 0 Å². The molecule has 1 aliphatic carbocycles. The van der Waals surface area contributed by atoms with Crippen LogP contribution >= 0.6 is 0 Å². The van der Waals surface area contributed by atoms with Crippen molar-refractivity contribution >= 4 is 5.91 Å². The lowest BCUT2D eigenvalue weighted by atomic mass is 9.84. The molecule has 0 bridgehead atoms. The number of amides is 1. The third kappa shape index (κ3) is 3.46. The van der Waals surface area contributed by atoms with E-state index in [1.54, 1.807) is 0 Å². The van der Waals surface area contributed by atoms with E-state index in [0.717, 1.165) is 13.0 Å². The summed E-state index contributed by atoms with van der Waals surface area (Å²) in [5, 5.41) is 6.62. The van der Waals surface area contributed by atoms with Crippen molar-refractivity contribution in [2.75, 3.05) is 0 Å². The molecule has 1 aromatic rings. The topological polar surface area (TPSA) is 41.1 Å². The van der Waals surface area contributed by atoms with Gasteiger partial charge in [-0.05, 0) is 43.2 Å². The van der Waals surface area contributed by atoms with E-state index in [0.29, 0.717) is 12.0 Å². The minimum atomic E-state index is -0.0778. The fourth-order valence-corrected chi connectivity index (χ4v) is 3.72. The Morgan fingerprint density at radius 1 is 1.19 bits per heavy atom. The molecule has 114 valence electrons. The Bertz CT molecular complexity index is 494. The van der Waals surface area contributed by atoms with Gasteiger partial charge in [-0.15, -0.1) is 0 Å². The van der Waals surface area contributed by atoms with Gasteiger partial charge in [0, 0.05) is 12.6 Å². The fraction of sp³-hybridized carbons (Fsp3) is 0.611. The van der Waals surface area contributed by atoms with Gasteiger partial charge in [0.15, 0.2) is 0 Å². The molecule has 0 spiro atoms. The standard InChI is InChI=1S/C18H26N2O/c1-13(14-7-3-2-4-8-14)20-18(21)17-11-15-9-5-6-10-16(15)12-19-17/h5-6,9-10,13-14,17,19H,2-4,7-8,11-12H2,1H3,(H,20,21)/t13-,17+/m1/s1. The summed E-state index contributed by atoms with van der Waals surface area (Å²) in [5.74, 6) is 0.834. The average molecular weight is 286 g/mol.